The fourth-order valence-electron chi connectivity index (χ4n) is 7.55. The first kappa shape index (κ1) is 33.2. The van der Waals surface area contributed by atoms with E-state index in [4.69, 9.17) is 39.8 Å². The highest BCUT2D eigenvalue weighted by Crippen LogP contribution is 2.53. The lowest BCUT2D eigenvalue weighted by atomic mass is 9.78. The van der Waals surface area contributed by atoms with E-state index in [1.807, 2.05) is 59.7 Å². The van der Waals surface area contributed by atoms with Crippen molar-refractivity contribution in [2.24, 2.45) is 17.3 Å². The molecule has 1 spiro atoms. The van der Waals surface area contributed by atoms with Gasteiger partial charge >= 0.3 is 0 Å². The Labute approximate surface area is 261 Å². The van der Waals surface area contributed by atoms with Crippen molar-refractivity contribution in [3.63, 3.8) is 0 Å². The minimum atomic E-state index is -0.826. The fourth-order valence-corrected chi connectivity index (χ4v) is 7.71. The molecule has 0 aromatic carbocycles. The van der Waals surface area contributed by atoms with Crippen LogP contribution in [0.15, 0.2) is 11.6 Å². The van der Waals surface area contributed by atoms with Crippen molar-refractivity contribution in [1.82, 2.24) is 4.90 Å². The predicted molar refractivity (Wildman–Crippen MR) is 161 cm³/mol. The van der Waals surface area contributed by atoms with Gasteiger partial charge in [-0.1, -0.05) is 37.5 Å². The van der Waals surface area contributed by atoms with Crippen molar-refractivity contribution in [2.75, 3.05) is 27.3 Å². The van der Waals surface area contributed by atoms with E-state index < -0.39 is 30.2 Å². The van der Waals surface area contributed by atoms with E-state index in [0.29, 0.717) is 38.9 Å². The highest BCUT2D eigenvalue weighted by Gasteiger charge is 2.70. The molecular weight excluding hydrogens is 574 g/mol. The molecule has 3 heterocycles. The molecule has 0 bridgehead atoms. The number of rotatable bonds is 10. The number of nitrogens with zero attached hydrogens (tertiary/aromatic N) is 1. The van der Waals surface area contributed by atoms with Gasteiger partial charge in [0.25, 0.3) is 0 Å². The monoisotopic (exact) mass is 621 g/mol. The number of ether oxygens (including phenoxy) is 5. The normalized spacial score (nSPS) is 43.9. The SMILES string of the molecule is CCO[C@H]1C=C2C#CC(C(COCl)C[C@H]3C[C@H](O)[C@H](N(C)C)[C@H](C)O3)CC#C[C@@H]3OC23[C@@H]1O[C@H]1CC(C)(C)C(O)[C@H](C)O1. The molecule has 10 heteroatoms. The molecule has 5 aliphatic rings. The van der Waals surface area contributed by atoms with Crippen LogP contribution in [0.25, 0.3) is 0 Å². The van der Waals surface area contributed by atoms with Crippen LogP contribution in [-0.2, 0) is 28.0 Å². The Morgan fingerprint density at radius 2 is 1.93 bits per heavy atom. The zero-order chi connectivity index (χ0) is 31.1. The first-order chi connectivity index (χ1) is 20.4. The smallest absolute Gasteiger partial charge is 0.169 e. The van der Waals surface area contributed by atoms with Crippen LogP contribution in [-0.4, -0.2) is 109 Å². The van der Waals surface area contributed by atoms with Gasteiger partial charge < -0.3 is 38.8 Å². The van der Waals surface area contributed by atoms with Gasteiger partial charge in [0.05, 0.1) is 55.0 Å². The standard InChI is InChI=1S/C33H48ClNO8/c1-8-38-26-15-23-13-12-21(22(18-39-34)14-24-16-25(36)29(35(6)7)19(2)40-24)10-9-11-27-33(23,43-27)31(26)42-28-17-32(4,5)30(37)20(3)41-28/h15,19-22,24-31,36-37H,8,10,14,16-18H2,1-7H3/t19-,20-,21?,22?,24-,25-,26-,27-,28-,29+,30?,31+,33?/m0/s1. The van der Waals surface area contributed by atoms with E-state index in [1.165, 1.54) is 0 Å². The summed E-state index contributed by atoms with van der Waals surface area (Å²) in [6.45, 7) is 10.7. The summed E-state index contributed by atoms with van der Waals surface area (Å²) in [6, 6.07) is -0.0569. The second-order valence-corrected chi connectivity index (χ2v) is 13.9. The average molecular weight is 622 g/mol. The lowest BCUT2D eigenvalue weighted by Gasteiger charge is -2.44. The molecule has 5 rings (SSSR count). The van der Waals surface area contributed by atoms with Crippen LogP contribution in [0.5, 0.6) is 0 Å². The highest BCUT2D eigenvalue weighted by atomic mass is 35.5. The summed E-state index contributed by atoms with van der Waals surface area (Å²) in [4.78, 5) is 2.01. The predicted octanol–water partition coefficient (Wildman–Crippen LogP) is 3.05. The molecule has 0 aromatic rings. The minimum Gasteiger partial charge on any atom is -0.391 e. The van der Waals surface area contributed by atoms with E-state index in [1.54, 1.807) is 0 Å². The Kier molecular flexibility index (Phi) is 10.2. The molecule has 240 valence electrons. The molecule has 3 aliphatic heterocycles. The minimum absolute atomic E-state index is 0.0478. The van der Waals surface area contributed by atoms with Gasteiger partial charge in [0.2, 0.25) is 0 Å². The van der Waals surface area contributed by atoms with Crippen LogP contribution >= 0.6 is 11.9 Å². The van der Waals surface area contributed by atoms with Gasteiger partial charge in [-0.2, -0.15) is 0 Å². The second kappa shape index (κ2) is 13.3. The van der Waals surface area contributed by atoms with Crippen LogP contribution in [0.4, 0.5) is 0 Å². The van der Waals surface area contributed by atoms with E-state index in [2.05, 4.69) is 23.7 Å². The Balaban J connectivity index is 1.35. The lowest BCUT2D eigenvalue weighted by Crippen LogP contribution is -2.54. The van der Waals surface area contributed by atoms with Crippen molar-refractivity contribution in [3.05, 3.63) is 11.6 Å². The van der Waals surface area contributed by atoms with Crippen molar-refractivity contribution in [1.29, 1.82) is 0 Å². The summed E-state index contributed by atoms with van der Waals surface area (Å²) in [5.74, 6) is 13.4. The zero-order valence-corrected chi connectivity index (χ0v) is 27.2. The summed E-state index contributed by atoms with van der Waals surface area (Å²) >= 11 is 5.81. The molecule has 0 saturated carbocycles. The summed E-state index contributed by atoms with van der Waals surface area (Å²) in [6.07, 6.45) is 0.799. The van der Waals surface area contributed by atoms with Gasteiger partial charge in [-0.25, -0.2) is 0 Å². The molecular formula is C33H48ClNO8. The van der Waals surface area contributed by atoms with Crippen LogP contribution in [0.1, 0.15) is 60.3 Å². The Morgan fingerprint density at radius 3 is 2.58 bits per heavy atom. The second-order valence-electron chi connectivity index (χ2n) is 13.6. The van der Waals surface area contributed by atoms with Gasteiger partial charge in [-0.05, 0) is 52.8 Å². The third kappa shape index (κ3) is 6.69. The van der Waals surface area contributed by atoms with E-state index in [0.717, 1.165) is 5.57 Å². The number of aliphatic hydroxyl groups excluding tert-OH is 2. The van der Waals surface area contributed by atoms with Crippen molar-refractivity contribution < 1.29 is 38.2 Å². The van der Waals surface area contributed by atoms with E-state index >= 15 is 0 Å². The maximum absolute atomic E-state index is 10.9. The van der Waals surface area contributed by atoms with Crippen LogP contribution in [0, 0.1) is 40.9 Å². The van der Waals surface area contributed by atoms with E-state index in [9.17, 15) is 10.2 Å². The third-order valence-corrected chi connectivity index (χ3v) is 9.95. The van der Waals surface area contributed by atoms with Crippen LogP contribution in [0.2, 0.25) is 0 Å². The van der Waals surface area contributed by atoms with Crippen LogP contribution in [0.3, 0.4) is 0 Å². The molecule has 0 radical (unpaired) electrons. The Hall–Kier alpha value is -1.21. The van der Waals surface area contributed by atoms with Gasteiger partial charge in [0, 0.05) is 43.3 Å². The number of epoxide rings is 1. The topological polar surface area (TPSA) is 102 Å². The van der Waals surface area contributed by atoms with Gasteiger partial charge in [0.1, 0.15) is 12.2 Å². The summed E-state index contributed by atoms with van der Waals surface area (Å²) in [5, 5.41) is 21.5. The highest BCUT2D eigenvalue weighted by molar-refractivity contribution is 6.07. The first-order valence-corrected chi connectivity index (χ1v) is 16.0. The van der Waals surface area contributed by atoms with Gasteiger partial charge in [0.15, 0.2) is 18.0 Å². The molecule has 2 aliphatic carbocycles. The van der Waals surface area contributed by atoms with Gasteiger partial charge in [-0.15, -0.1) is 0 Å². The maximum atomic E-state index is 10.9. The number of aliphatic hydroxyl groups is 2. The van der Waals surface area contributed by atoms with E-state index in [-0.39, 0.29) is 53.8 Å². The molecule has 3 fully saturated rings. The molecule has 3 saturated heterocycles. The Morgan fingerprint density at radius 1 is 1.16 bits per heavy atom. The largest absolute Gasteiger partial charge is 0.391 e. The van der Waals surface area contributed by atoms with Crippen LogP contribution < -0.4 is 0 Å². The molecule has 0 aromatic heterocycles. The van der Waals surface area contributed by atoms with Crippen molar-refractivity contribution in [3.8, 4) is 23.7 Å². The van der Waals surface area contributed by atoms with Gasteiger partial charge in [-0.3, -0.25) is 4.29 Å². The molecule has 4 unspecified atom stereocenters. The third-order valence-electron chi connectivity index (χ3n) is 9.82. The summed E-state index contributed by atoms with van der Waals surface area (Å²) in [5.41, 5.74) is -0.385. The number of hydrogen-bond acceptors (Lipinski definition) is 9. The van der Waals surface area contributed by atoms with Crippen molar-refractivity contribution >= 4 is 11.9 Å². The average Bonchev–Trinajstić information content (AvgIpc) is 3.55. The molecule has 0 amide bonds. The quantitative estimate of drug-likeness (QED) is 0.282. The Bertz CT molecular complexity index is 1140. The zero-order valence-electron chi connectivity index (χ0n) is 26.4. The first-order valence-electron chi connectivity index (χ1n) is 15.6. The summed E-state index contributed by atoms with van der Waals surface area (Å²) < 4.78 is 36.6. The van der Waals surface area contributed by atoms with Crippen molar-refractivity contribution in [2.45, 2.75) is 127 Å². The number of halogens is 1. The molecule has 2 N–H and O–H groups in total. The molecule has 13 atom stereocenters. The molecule has 43 heavy (non-hydrogen) atoms. The number of hydrogen-bond donors (Lipinski definition) is 2. The number of likely N-dealkylation sites (N-methyl/N-ethyl adjacent to an activating group) is 1. The summed E-state index contributed by atoms with van der Waals surface area (Å²) in [7, 11) is 3.92. The molecule has 9 nitrogen and oxygen atoms in total. The lowest BCUT2D eigenvalue weighted by molar-refractivity contribution is -0.277. The fraction of sp³-hybridized carbons (Fsp3) is 0.818. The maximum Gasteiger partial charge on any atom is 0.169 e.